The van der Waals surface area contributed by atoms with Crippen LogP contribution in [0.4, 0.5) is 24.7 Å². The normalized spacial score (nSPS) is 12.7. The molecule has 0 saturated carbocycles. The van der Waals surface area contributed by atoms with E-state index in [0.29, 0.717) is 44.1 Å². The van der Waals surface area contributed by atoms with Crippen LogP contribution in [0.3, 0.4) is 0 Å². The fourth-order valence-electron chi connectivity index (χ4n) is 3.16. The van der Waals surface area contributed by atoms with Crippen LogP contribution >= 0.6 is 11.6 Å². The van der Waals surface area contributed by atoms with Gasteiger partial charge in [0.1, 0.15) is 6.10 Å². The first-order valence-corrected chi connectivity index (χ1v) is 9.78. The number of benzene rings is 2. The van der Waals surface area contributed by atoms with E-state index in [9.17, 15) is 18.3 Å². The van der Waals surface area contributed by atoms with Crippen molar-refractivity contribution in [3.63, 3.8) is 0 Å². The topological polar surface area (TPSA) is 91.2 Å². The summed E-state index contributed by atoms with van der Waals surface area (Å²) in [6.07, 6.45) is -2.49. The van der Waals surface area contributed by atoms with Crippen LogP contribution < -0.4 is 5.32 Å². The number of alkyl halides is 3. The molecule has 1 unspecified atom stereocenters. The van der Waals surface area contributed by atoms with Crippen LogP contribution in [0.25, 0.3) is 22.0 Å². The third-order valence-corrected chi connectivity index (χ3v) is 5.12. The van der Waals surface area contributed by atoms with E-state index in [1.54, 1.807) is 24.4 Å². The molecule has 4 aromatic rings. The molecule has 2 aromatic carbocycles. The quantitative estimate of drug-likeness (QED) is 0.382. The third-order valence-electron chi connectivity index (χ3n) is 4.83. The number of halogens is 4. The molecule has 1 atom stereocenters. The first-order valence-electron chi connectivity index (χ1n) is 9.40. The Morgan fingerprint density at radius 1 is 1.03 bits per heavy atom. The maximum Gasteiger partial charge on any atom is 0.416 e. The third kappa shape index (κ3) is 4.50. The summed E-state index contributed by atoms with van der Waals surface area (Å²) in [5.41, 5.74) is 1.28. The monoisotopic (exact) mass is 460 g/mol. The highest BCUT2D eigenvalue weighted by Crippen LogP contribution is 2.33. The van der Waals surface area contributed by atoms with E-state index >= 15 is 0 Å². The van der Waals surface area contributed by atoms with Crippen molar-refractivity contribution < 1.29 is 23.4 Å². The second-order valence-electron chi connectivity index (χ2n) is 6.99. The molecule has 10 heteroatoms. The Hall–Kier alpha value is -3.27. The molecule has 2 aromatic heterocycles. The van der Waals surface area contributed by atoms with Crippen molar-refractivity contribution in [1.82, 2.24) is 15.2 Å². The van der Waals surface area contributed by atoms with Gasteiger partial charge in [-0.2, -0.15) is 18.3 Å². The molecule has 3 N–H and O–H groups in total. The van der Waals surface area contributed by atoms with Gasteiger partial charge in [0.05, 0.1) is 29.1 Å². The Morgan fingerprint density at radius 2 is 1.78 bits per heavy atom. The minimum absolute atomic E-state index is 0.305. The lowest BCUT2D eigenvalue weighted by atomic mass is 10.0. The molecular formula is C22H16ClF3N4O2. The highest BCUT2D eigenvalue weighted by molar-refractivity contribution is 6.33. The smallest absolute Gasteiger partial charge is 0.393 e. The number of rotatable bonds is 5. The Labute approximate surface area is 185 Å². The average molecular weight is 461 g/mol. The van der Waals surface area contributed by atoms with E-state index in [0.717, 1.165) is 12.1 Å². The molecule has 0 amide bonds. The molecule has 0 spiro atoms. The number of hydrogen-bond donors (Lipinski definition) is 3. The highest BCUT2D eigenvalue weighted by Gasteiger charge is 2.30. The van der Waals surface area contributed by atoms with Gasteiger partial charge in [-0.1, -0.05) is 17.7 Å². The fourth-order valence-corrected chi connectivity index (χ4v) is 3.44. The molecule has 0 fully saturated rings. The molecule has 0 aliphatic rings. The maximum atomic E-state index is 12.8. The van der Waals surface area contributed by atoms with E-state index in [1.165, 1.54) is 24.4 Å². The molecule has 0 bridgehead atoms. The number of aromatic nitrogens is 3. The van der Waals surface area contributed by atoms with Gasteiger partial charge in [0.2, 0.25) is 0 Å². The minimum atomic E-state index is -4.40. The Bertz CT molecular complexity index is 1270. The lowest BCUT2D eigenvalue weighted by molar-refractivity contribution is -0.137. The predicted molar refractivity (Wildman–Crippen MR) is 115 cm³/mol. The van der Waals surface area contributed by atoms with E-state index in [2.05, 4.69) is 20.5 Å². The zero-order chi connectivity index (χ0) is 22.9. The van der Waals surface area contributed by atoms with E-state index < -0.39 is 24.5 Å². The first kappa shape index (κ1) is 21.9. The number of fused-ring (bicyclic) bond motifs is 1. The minimum Gasteiger partial charge on any atom is -0.393 e. The van der Waals surface area contributed by atoms with E-state index in [1.807, 2.05) is 0 Å². The van der Waals surface area contributed by atoms with Gasteiger partial charge in [0.15, 0.2) is 5.82 Å². The largest absolute Gasteiger partial charge is 0.416 e. The van der Waals surface area contributed by atoms with Crippen molar-refractivity contribution in [2.45, 2.75) is 12.3 Å². The van der Waals surface area contributed by atoms with Gasteiger partial charge >= 0.3 is 6.18 Å². The molecule has 0 aliphatic carbocycles. The van der Waals surface area contributed by atoms with Crippen LogP contribution in [-0.4, -0.2) is 32.0 Å². The molecular weight excluding hydrogens is 445 g/mol. The van der Waals surface area contributed by atoms with Crippen LogP contribution in [0.5, 0.6) is 0 Å². The molecule has 0 aliphatic heterocycles. The van der Waals surface area contributed by atoms with Gasteiger partial charge in [0, 0.05) is 33.8 Å². The summed E-state index contributed by atoms with van der Waals surface area (Å²) >= 11 is 6.32. The lowest BCUT2D eigenvalue weighted by Gasteiger charge is -2.12. The fraction of sp³-hybridized carbons (Fsp3) is 0.136. The summed E-state index contributed by atoms with van der Waals surface area (Å²) in [5, 5.41) is 31.5. The average Bonchev–Trinajstić information content (AvgIpc) is 2.78. The predicted octanol–water partition coefficient (Wildman–Crippen LogP) is 5.13. The van der Waals surface area contributed by atoms with Crippen molar-refractivity contribution in [1.29, 1.82) is 0 Å². The van der Waals surface area contributed by atoms with Crippen molar-refractivity contribution >= 4 is 33.9 Å². The van der Waals surface area contributed by atoms with Gasteiger partial charge in [-0.15, -0.1) is 5.10 Å². The number of pyridine rings is 1. The van der Waals surface area contributed by atoms with Crippen LogP contribution in [0.15, 0.2) is 60.9 Å². The molecule has 0 saturated heterocycles. The Kier molecular flexibility index (Phi) is 5.96. The second kappa shape index (κ2) is 8.70. The summed E-state index contributed by atoms with van der Waals surface area (Å²) in [6.45, 7) is -0.444. The summed E-state index contributed by atoms with van der Waals surface area (Å²) < 4.78 is 38.3. The maximum absolute atomic E-state index is 12.8. The highest BCUT2D eigenvalue weighted by atomic mass is 35.5. The summed E-state index contributed by atoms with van der Waals surface area (Å²) in [5.74, 6) is 0.384. The number of aliphatic hydroxyl groups is 2. The molecule has 164 valence electrons. The molecule has 32 heavy (non-hydrogen) atoms. The molecule has 2 heterocycles. The number of aliphatic hydroxyl groups excluding tert-OH is 2. The van der Waals surface area contributed by atoms with E-state index in [4.69, 9.17) is 16.7 Å². The number of nitrogens with one attached hydrogen (secondary N) is 1. The number of anilines is 2. The van der Waals surface area contributed by atoms with Crippen LogP contribution in [0.1, 0.15) is 17.2 Å². The van der Waals surface area contributed by atoms with Crippen molar-refractivity contribution in [3.05, 3.63) is 77.1 Å². The van der Waals surface area contributed by atoms with Crippen LogP contribution in [0, 0.1) is 0 Å². The van der Waals surface area contributed by atoms with Gasteiger partial charge in [0.25, 0.3) is 0 Å². The summed E-state index contributed by atoms with van der Waals surface area (Å²) in [4.78, 5) is 4.30. The van der Waals surface area contributed by atoms with E-state index in [-0.39, 0.29) is 0 Å². The first-order chi connectivity index (χ1) is 15.3. The Morgan fingerprint density at radius 3 is 2.44 bits per heavy atom. The molecule has 6 nitrogen and oxygen atoms in total. The van der Waals surface area contributed by atoms with Crippen molar-refractivity contribution in [2.75, 3.05) is 11.9 Å². The molecule has 0 radical (unpaired) electrons. The standard InChI is InChI=1S/C22H16ClF3N4O2/c23-18-8-14(19(32)11-31)9-27-20(18)12-1-6-17-13(7-12)10-28-30-21(17)29-16-4-2-15(3-5-16)22(24,25)26/h1-10,19,31-32H,11H2,(H,29,30). The zero-order valence-corrected chi connectivity index (χ0v) is 17.1. The van der Waals surface area contributed by atoms with Gasteiger partial charge < -0.3 is 15.5 Å². The van der Waals surface area contributed by atoms with Gasteiger partial charge in [-0.25, -0.2) is 0 Å². The number of nitrogens with zero attached hydrogens (tertiary/aromatic N) is 3. The SMILES string of the molecule is OCC(O)c1cnc(-c2ccc3c(Nc4ccc(C(F)(F)F)cc4)nncc3c2)c(Cl)c1. The molecule has 4 rings (SSSR count). The second-order valence-corrected chi connectivity index (χ2v) is 7.40. The summed E-state index contributed by atoms with van der Waals surface area (Å²) in [7, 11) is 0. The zero-order valence-electron chi connectivity index (χ0n) is 16.3. The van der Waals surface area contributed by atoms with Crippen LogP contribution in [-0.2, 0) is 6.18 Å². The van der Waals surface area contributed by atoms with Gasteiger partial charge in [-0.05, 0) is 42.5 Å². The number of hydrogen-bond acceptors (Lipinski definition) is 6. The van der Waals surface area contributed by atoms with Crippen LogP contribution in [0.2, 0.25) is 5.02 Å². The Balaban J connectivity index is 1.64. The summed E-state index contributed by atoms with van der Waals surface area (Å²) in [6, 6.07) is 11.5. The van der Waals surface area contributed by atoms with Gasteiger partial charge in [-0.3, -0.25) is 4.98 Å². The van der Waals surface area contributed by atoms with Crippen molar-refractivity contribution in [3.8, 4) is 11.3 Å². The van der Waals surface area contributed by atoms with Crippen molar-refractivity contribution in [2.24, 2.45) is 0 Å². The lowest BCUT2D eigenvalue weighted by Crippen LogP contribution is -2.04.